The van der Waals surface area contributed by atoms with Crippen molar-refractivity contribution < 1.29 is 9.53 Å². The molecule has 4 heteroatoms. The number of hydrogen-bond donors (Lipinski definition) is 1. The van der Waals surface area contributed by atoms with E-state index in [1.807, 2.05) is 6.92 Å². The number of carbonyl (C=O) groups excluding carboxylic acids is 1. The van der Waals surface area contributed by atoms with Crippen LogP contribution >= 0.6 is 0 Å². The molecule has 21 heavy (non-hydrogen) atoms. The van der Waals surface area contributed by atoms with Gasteiger partial charge in [-0.05, 0) is 57.9 Å². The molecule has 1 saturated heterocycles. The molecule has 2 saturated carbocycles. The Hall–Kier alpha value is -0.610. The van der Waals surface area contributed by atoms with Crippen LogP contribution in [0.25, 0.3) is 0 Å². The number of hydrogen-bond acceptors (Lipinski definition) is 3. The Morgan fingerprint density at radius 2 is 2.05 bits per heavy atom. The van der Waals surface area contributed by atoms with Crippen LogP contribution in [0.15, 0.2) is 0 Å². The van der Waals surface area contributed by atoms with Gasteiger partial charge in [-0.15, -0.1) is 0 Å². The average Bonchev–Trinajstić information content (AvgIpc) is 3.28. The van der Waals surface area contributed by atoms with E-state index in [2.05, 4.69) is 10.2 Å². The summed E-state index contributed by atoms with van der Waals surface area (Å²) in [5, 5.41) is 3.58. The second kappa shape index (κ2) is 7.10. The van der Waals surface area contributed by atoms with Gasteiger partial charge in [-0.2, -0.15) is 0 Å². The zero-order valence-corrected chi connectivity index (χ0v) is 13.4. The molecule has 120 valence electrons. The Kier molecular flexibility index (Phi) is 5.17. The Labute approximate surface area is 128 Å². The zero-order valence-electron chi connectivity index (χ0n) is 13.4. The monoisotopic (exact) mass is 294 g/mol. The van der Waals surface area contributed by atoms with Crippen molar-refractivity contribution in [2.24, 2.45) is 5.92 Å². The molecule has 1 amide bonds. The predicted octanol–water partition coefficient (Wildman–Crippen LogP) is 2.32. The smallest absolute Gasteiger partial charge is 0.223 e. The van der Waals surface area contributed by atoms with Crippen molar-refractivity contribution in [1.29, 1.82) is 0 Å². The number of nitrogens with one attached hydrogen (secondary N) is 1. The van der Waals surface area contributed by atoms with Gasteiger partial charge in [0.15, 0.2) is 0 Å². The second-order valence-electron chi connectivity index (χ2n) is 7.04. The van der Waals surface area contributed by atoms with Gasteiger partial charge in [-0.3, -0.25) is 4.79 Å². The van der Waals surface area contributed by atoms with Crippen LogP contribution in [0.4, 0.5) is 0 Å². The summed E-state index contributed by atoms with van der Waals surface area (Å²) in [7, 11) is 0. The molecule has 0 aromatic rings. The maximum atomic E-state index is 12.6. The van der Waals surface area contributed by atoms with Gasteiger partial charge in [0.2, 0.25) is 5.91 Å². The van der Waals surface area contributed by atoms with Crippen LogP contribution < -0.4 is 5.32 Å². The van der Waals surface area contributed by atoms with Crippen molar-refractivity contribution in [1.82, 2.24) is 10.2 Å². The van der Waals surface area contributed by atoms with E-state index in [1.165, 1.54) is 32.1 Å². The minimum absolute atomic E-state index is 0.393. The minimum Gasteiger partial charge on any atom is -0.378 e. The normalized spacial score (nSPS) is 32.5. The first-order valence-electron chi connectivity index (χ1n) is 8.90. The van der Waals surface area contributed by atoms with Crippen LogP contribution in [0.3, 0.4) is 0 Å². The lowest BCUT2D eigenvalue weighted by atomic mass is 9.79. The molecule has 1 heterocycles. The third-order valence-electron chi connectivity index (χ3n) is 5.20. The molecule has 0 radical (unpaired) electrons. The van der Waals surface area contributed by atoms with Gasteiger partial charge in [-0.1, -0.05) is 6.42 Å². The zero-order chi connectivity index (χ0) is 14.7. The van der Waals surface area contributed by atoms with E-state index in [-0.39, 0.29) is 0 Å². The molecule has 3 fully saturated rings. The fraction of sp³-hybridized carbons (Fsp3) is 0.941. The third-order valence-corrected chi connectivity index (χ3v) is 5.20. The maximum absolute atomic E-state index is 12.6. The van der Waals surface area contributed by atoms with Crippen molar-refractivity contribution >= 4 is 5.91 Å². The Morgan fingerprint density at radius 3 is 2.67 bits per heavy atom. The summed E-state index contributed by atoms with van der Waals surface area (Å²) in [6.07, 6.45) is 9.58. The van der Waals surface area contributed by atoms with Gasteiger partial charge < -0.3 is 15.0 Å². The minimum atomic E-state index is 0.393. The highest BCUT2D eigenvalue weighted by Crippen LogP contribution is 2.35. The van der Waals surface area contributed by atoms with Crippen LogP contribution in [-0.2, 0) is 9.53 Å². The Morgan fingerprint density at radius 1 is 1.24 bits per heavy atom. The molecular formula is C17H30N2O2. The fourth-order valence-corrected chi connectivity index (χ4v) is 3.74. The maximum Gasteiger partial charge on any atom is 0.223 e. The Bertz CT molecular complexity index is 345. The first kappa shape index (κ1) is 15.3. The number of nitrogens with zero attached hydrogens (tertiary/aromatic N) is 1. The summed E-state index contributed by atoms with van der Waals surface area (Å²) in [4.78, 5) is 14.8. The first-order valence-corrected chi connectivity index (χ1v) is 8.90. The summed E-state index contributed by atoms with van der Waals surface area (Å²) < 4.78 is 5.60. The molecule has 1 N–H and O–H groups in total. The van der Waals surface area contributed by atoms with Gasteiger partial charge in [0.1, 0.15) is 0 Å². The summed E-state index contributed by atoms with van der Waals surface area (Å²) in [5.74, 6) is 0.958. The first-order chi connectivity index (χ1) is 10.3. The average molecular weight is 294 g/mol. The van der Waals surface area contributed by atoms with E-state index in [1.54, 1.807) is 0 Å². The standard InChI is InChI=1S/C17H30N2O2/c1-2-21-16-9-13(10-16)11-17(20)19(15-6-7-15)12-14-5-3-4-8-18-14/h13-16,18H,2-12H2,1H3. The molecule has 0 spiro atoms. The fourth-order valence-electron chi connectivity index (χ4n) is 3.74. The molecule has 1 unspecified atom stereocenters. The highest BCUT2D eigenvalue weighted by Gasteiger charge is 2.37. The van der Waals surface area contributed by atoms with E-state index >= 15 is 0 Å². The highest BCUT2D eigenvalue weighted by atomic mass is 16.5. The number of ether oxygens (including phenoxy) is 1. The van der Waals surface area contributed by atoms with Gasteiger partial charge in [-0.25, -0.2) is 0 Å². The molecule has 1 atom stereocenters. The largest absolute Gasteiger partial charge is 0.378 e. The molecule has 0 bridgehead atoms. The van der Waals surface area contributed by atoms with Gasteiger partial charge in [0.25, 0.3) is 0 Å². The lowest BCUT2D eigenvalue weighted by Gasteiger charge is -2.37. The van der Waals surface area contributed by atoms with Crippen LogP contribution in [-0.4, -0.2) is 48.7 Å². The van der Waals surface area contributed by atoms with E-state index in [4.69, 9.17) is 4.74 Å². The molecule has 3 rings (SSSR count). The molecule has 0 aromatic carbocycles. The summed E-state index contributed by atoms with van der Waals surface area (Å²) in [5.41, 5.74) is 0. The number of carbonyl (C=O) groups is 1. The quantitative estimate of drug-likeness (QED) is 0.783. The third kappa shape index (κ3) is 4.19. The van der Waals surface area contributed by atoms with Gasteiger partial charge >= 0.3 is 0 Å². The van der Waals surface area contributed by atoms with E-state index in [0.717, 1.165) is 39.0 Å². The number of amides is 1. The molecule has 0 aromatic heterocycles. The molecular weight excluding hydrogens is 264 g/mol. The van der Waals surface area contributed by atoms with Crippen molar-refractivity contribution in [3.63, 3.8) is 0 Å². The van der Waals surface area contributed by atoms with E-state index in [0.29, 0.717) is 30.0 Å². The topological polar surface area (TPSA) is 41.6 Å². The van der Waals surface area contributed by atoms with Crippen LogP contribution in [0.2, 0.25) is 0 Å². The molecule has 3 aliphatic rings. The summed E-state index contributed by atoms with van der Waals surface area (Å²) in [6, 6.07) is 1.07. The SMILES string of the molecule is CCOC1CC(CC(=O)N(CC2CCCCN2)C2CC2)C1. The Balaban J connectivity index is 1.44. The number of piperidine rings is 1. The lowest BCUT2D eigenvalue weighted by Crippen LogP contribution is -2.47. The van der Waals surface area contributed by atoms with Crippen molar-refractivity contribution in [2.45, 2.75) is 76.5 Å². The van der Waals surface area contributed by atoms with Crippen molar-refractivity contribution in [3.8, 4) is 0 Å². The molecule has 2 aliphatic carbocycles. The lowest BCUT2D eigenvalue weighted by molar-refractivity contribution is -0.135. The van der Waals surface area contributed by atoms with Crippen LogP contribution in [0, 0.1) is 5.92 Å². The number of rotatable bonds is 7. The summed E-state index contributed by atoms with van der Waals surface area (Å²) >= 11 is 0. The predicted molar refractivity (Wildman–Crippen MR) is 83.1 cm³/mol. The van der Waals surface area contributed by atoms with Crippen molar-refractivity contribution in [3.05, 3.63) is 0 Å². The van der Waals surface area contributed by atoms with Crippen LogP contribution in [0.5, 0.6) is 0 Å². The van der Waals surface area contributed by atoms with Gasteiger partial charge in [0.05, 0.1) is 6.10 Å². The molecule has 1 aliphatic heterocycles. The van der Waals surface area contributed by atoms with Gasteiger partial charge in [0, 0.05) is 31.7 Å². The highest BCUT2D eigenvalue weighted by molar-refractivity contribution is 5.77. The van der Waals surface area contributed by atoms with E-state index < -0.39 is 0 Å². The molecule has 4 nitrogen and oxygen atoms in total. The van der Waals surface area contributed by atoms with E-state index in [9.17, 15) is 4.79 Å². The summed E-state index contributed by atoms with van der Waals surface area (Å²) in [6.45, 7) is 4.90. The van der Waals surface area contributed by atoms with Crippen molar-refractivity contribution in [2.75, 3.05) is 19.7 Å². The van der Waals surface area contributed by atoms with Crippen LogP contribution in [0.1, 0.15) is 58.3 Å². The second-order valence-corrected chi connectivity index (χ2v) is 7.04.